The van der Waals surface area contributed by atoms with Crippen molar-refractivity contribution in [3.05, 3.63) is 106 Å². The van der Waals surface area contributed by atoms with Crippen LogP contribution in [0.1, 0.15) is 51.7 Å². The number of hydrogen-bond donors (Lipinski definition) is 0. The molecule has 0 N–H and O–H groups in total. The van der Waals surface area contributed by atoms with Crippen molar-refractivity contribution in [3.8, 4) is 0 Å². The van der Waals surface area contributed by atoms with Gasteiger partial charge < -0.3 is 4.90 Å². The van der Waals surface area contributed by atoms with Crippen molar-refractivity contribution in [2.75, 3.05) is 17.2 Å². The van der Waals surface area contributed by atoms with Gasteiger partial charge in [-0.15, -0.1) is 0 Å². The Morgan fingerprint density at radius 2 is 1.43 bits per heavy atom. The number of anilines is 1. The van der Waals surface area contributed by atoms with Gasteiger partial charge in [0, 0.05) is 45.7 Å². The number of rotatable bonds is 7. The van der Waals surface area contributed by atoms with E-state index in [4.69, 9.17) is 11.6 Å². The number of fused-ring (bicyclic) bond motifs is 2. The maximum absolute atomic E-state index is 7.13. The van der Waals surface area contributed by atoms with Gasteiger partial charge in [-0.3, -0.25) is 0 Å². The Kier molecular flexibility index (Phi) is 8.09. The van der Waals surface area contributed by atoms with Crippen LogP contribution in [0.5, 0.6) is 0 Å². The van der Waals surface area contributed by atoms with E-state index in [1.165, 1.54) is 45.1 Å². The zero-order valence-corrected chi connectivity index (χ0v) is 30.3. The van der Waals surface area contributed by atoms with E-state index in [9.17, 15) is 0 Å². The van der Waals surface area contributed by atoms with Crippen LogP contribution >= 0.6 is 11.6 Å². The minimum atomic E-state index is -1.34. The molecule has 0 radical (unpaired) electrons. The summed E-state index contributed by atoms with van der Waals surface area (Å²) in [7, 11) is -2.69. The molecule has 0 aromatic heterocycles. The average Bonchev–Trinajstić information content (AvgIpc) is 3.41. The predicted molar refractivity (Wildman–Crippen MR) is 190 cm³/mol. The fourth-order valence-corrected chi connectivity index (χ4v) is 9.83. The van der Waals surface area contributed by atoms with Crippen LogP contribution in [0.4, 0.5) is 11.4 Å². The Bertz CT molecular complexity index is 1550. The summed E-state index contributed by atoms with van der Waals surface area (Å²) in [6.07, 6.45) is 13.6. The van der Waals surface area contributed by atoms with Crippen LogP contribution in [0.15, 0.2) is 94.7 Å². The van der Waals surface area contributed by atoms with Crippen LogP contribution in [0, 0.1) is 0 Å². The first-order valence-corrected chi connectivity index (χ1v) is 23.4. The first kappa shape index (κ1) is 31.0. The van der Waals surface area contributed by atoms with Crippen molar-refractivity contribution < 1.29 is 4.58 Å². The summed E-state index contributed by atoms with van der Waals surface area (Å²) in [4.78, 5) is 2.59. The fourth-order valence-electron chi connectivity index (χ4n) is 6.94. The molecule has 2 aromatic carbocycles. The molecule has 5 rings (SSSR count). The van der Waals surface area contributed by atoms with Gasteiger partial charge in [0.2, 0.25) is 5.69 Å². The lowest BCUT2D eigenvalue weighted by molar-refractivity contribution is -0.418. The Balaban J connectivity index is 1.49. The van der Waals surface area contributed by atoms with Crippen LogP contribution in [0.3, 0.4) is 0 Å². The zero-order chi connectivity index (χ0) is 30.7. The van der Waals surface area contributed by atoms with Gasteiger partial charge in [0.05, 0.1) is 13.5 Å². The molecule has 2 aromatic rings. The molecule has 0 unspecified atom stereocenters. The van der Waals surface area contributed by atoms with Gasteiger partial charge in [-0.1, -0.05) is 113 Å². The molecule has 1 aliphatic carbocycles. The molecule has 0 atom stereocenters. The first-order valence-electron chi connectivity index (χ1n) is 15.6. The molecule has 2 heterocycles. The molecular weight excluding hydrogens is 564 g/mol. The van der Waals surface area contributed by atoms with Crippen molar-refractivity contribution in [1.82, 2.24) is 0 Å². The third kappa shape index (κ3) is 5.87. The zero-order valence-electron chi connectivity index (χ0n) is 27.5. The fraction of sp³-hybridized carbons (Fsp3) is 0.432. The average molecular weight is 614 g/mol. The van der Waals surface area contributed by atoms with E-state index in [0.717, 1.165) is 30.2 Å². The predicted octanol–water partition coefficient (Wildman–Crippen LogP) is 10.3. The number of halogens is 1. The van der Waals surface area contributed by atoms with Crippen LogP contribution in [0.25, 0.3) is 0 Å². The third-order valence-electron chi connectivity index (χ3n) is 8.98. The number of allylic oxidation sites excluding steroid dienone is 8. The lowest BCUT2D eigenvalue weighted by Crippen LogP contribution is -2.40. The van der Waals surface area contributed by atoms with E-state index in [2.05, 4.69) is 149 Å². The first-order chi connectivity index (χ1) is 19.5. The molecule has 42 heavy (non-hydrogen) atoms. The highest BCUT2D eigenvalue weighted by Gasteiger charge is 2.45. The summed E-state index contributed by atoms with van der Waals surface area (Å²) < 4.78 is 2.59. The highest BCUT2D eigenvalue weighted by molar-refractivity contribution is 6.77. The van der Waals surface area contributed by atoms with Crippen molar-refractivity contribution in [2.24, 2.45) is 0 Å². The van der Waals surface area contributed by atoms with Gasteiger partial charge in [0.15, 0.2) is 5.71 Å². The van der Waals surface area contributed by atoms with E-state index >= 15 is 0 Å². The van der Waals surface area contributed by atoms with Gasteiger partial charge in [-0.25, -0.2) is 0 Å². The summed E-state index contributed by atoms with van der Waals surface area (Å²) >= 11 is 7.13. The number of nitrogens with zero attached hydrogens (tertiary/aromatic N) is 2. The molecule has 2 aliphatic heterocycles. The number of hydrogen-bond acceptors (Lipinski definition) is 1. The molecule has 0 saturated heterocycles. The molecule has 5 heteroatoms. The summed E-state index contributed by atoms with van der Waals surface area (Å²) in [5.74, 6) is 0. The molecule has 2 nitrogen and oxygen atoms in total. The molecule has 0 spiro atoms. The smallest absolute Gasteiger partial charge is 0.209 e. The van der Waals surface area contributed by atoms with E-state index in [1.54, 1.807) is 0 Å². The van der Waals surface area contributed by atoms with Crippen molar-refractivity contribution in [3.63, 3.8) is 0 Å². The minimum Gasteiger partial charge on any atom is -0.347 e. The van der Waals surface area contributed by atoms with Crippen LogP contribution < -0.4 is 4.90 Å². The van der Waals surface area contributed by atoms with Crippen molar-refractivity contribution in [2.45, 2.75) is 90.6 Å². The van der Waals surface area contributed by atoms with E-state index < -0.39 is 16.1 Å². The lowest BCUT2D eigenvalue weighted by Gasteiger charge is -2.31. The van der Waals surface area contributed by atoms with Crippen LogP contribution in [-0.2, 0) is 10.8 Å². The van der Waals surface area contributed by atoms with Crippen LogP contribution in [0.2, 0.25) is 39.3 Å². The topological polar surface area (TPSA) is 6.25 Å². The summed E-state index contributed by atoms with van der Waals surface area (Å²) in [6.45, 7) is 24.2. The summed E-state index contributed by atoms with van der Waals surface area (Å²) in [6, 6.07) is 17.9. The second-order valence-electron chi connectivity index (χ2n) is 15.9. The van der Waals surface area contributed by atoms with E-state index in [1.807, 2.05) is 0 Å². The minimum absolute atomic E-state index is 0.0373. The molecule has 0 bridgehead atoms. The van der Waals surface area contributed by atoms with Gasteiger partial charge in [0.1, 0.15) is 14.2 Å². The molecule has 0 saturated carbocycles. The maximum atomic E-state index is 7.13. The largest absolute Gasteiger partial charge is 0.347 e. The maximum Gasteiger partial charge on any atom is 0.209 e. The molecule has 0 amide bonds. The normalized spacial score (nSPS) is 21.8. The number of para-hydroxylation sites is 2. The Morgan fingerprint density at radius 3 is 2.10 bits per heavy atom. The number of benzene rings is 2. The summed E-state index contributed by atoms with van der Waals surface area (Å²) in [5, 5.41) is 0.929. The van der Waals surface area contributed by atoms with E-state index in [0.29, 0.717) is 0 Å². The SMILES string of the molecule is CC1(C)C(/C=C/C2=C(Cl)C(=C/C=C3\N(C[Si](C)(C)C)c4ccccc4C3(C)C)/CC2)=[N+](C[Si](C)(C)C)c2ccccc21. The molecular formula is C37H50ClN2Si2+. The van der Waals surface area contributed by atoms with Gasteiger partial charge in [0.25, 0.3) is 0 Å². The summed E-state index contributed by atoms with van der Waals surface area (Å²) in [5.41, 5.74) is 10.8. The van der Waals surface area contributed by atoms with Gasteiger partial charge in [-0.2, -0.15) is 4.58 Å². The third-order valence-corrected chi connectivity index (χ3v) is 12.0. The Labute approximate surface area is 262 Å². The quantitative estimate of drug-likeness (QED) is 0.222. The molecule has 222 valence electrons. The Morgan fingerprint density at radius 1 is 0.786 bits per heavy atom. The van der Waals surface area contributed by atoms with Crippen LogP contribution in [-0.4, -0.2) is 38.8 Å². The highest BCUT2D eigenvalue weighted by atomic mass is 35.5. The standard InChI is InChI=1S/C37H50ClN2Si2/c1-36(2)29-15-11-13-17-31(29)39(25-41(5,6)7)33(36)23-21-27-19-20-28(35(27)38)22-24-34-37(3,4)30-16-12-14-18-32(30)40(34)26-42(8,9)10/h11-18,21-24H,19-20,25-26H2,1-10H3/q+1. The molecule has 3 aliphatic rings. The second-order valence-corrected chi connectivity index (χ2v) is 27.1. The van der Waals surface area contributed by atoms with Crippen molar-refractivity contribution >= 4 is 44.8 Å². The lowest BCUT2D eigenvalue weighted by atomic mass is 9.81. The van der Waals surface area contributed by atoms with Gasteiger partial charge in [-0.05, 0) is 55.5 Å². The second kappa shape index (κ2) is 10.9. The highest BCUT2D eigenvalue weighted by Crippen LogP contribution is 2.48. The van der Waals surface area contributed by atoms with Crippen molar-refractivity contribution in [1.29, 1.82) is 0 Å². The van der Waals surface area contributed by atoms with E-state index in [-0.39, 0.29) is 10.8 Å². The van der Waals surface area contributed by atoms with Gasteiger partial charge >= 0.3 is 0 Å². The monoisotopic (exact) mass is 613 g/mol. The Hall–Kier alpha value is -2.41. The molecule has 0 fully saturated rings.